The molecule has 3 aromatic rings. The Hall–Kier alpha value is -4.19. The maximum atomic E-state index is 13.9. The number of hydrogen-bond donors (Lipinski definition) is 0. The van der Waals surface area contributed by atoms with Crippen LogP contribution < -0.4 is 14.2 Å². The van der Waals surface area contributed by atoms with Gasteiger partial charge in [-0.25, -0.2) is 0 Å². The van der Waals surface area contributed by atoms with E-state index in [9.17, 15) is 14.4 Å². The molecule has 1 aliphatic rings. The summed E-state index contributed by atoms with van der Waals surface area (Å²) in [6, 6.07) is 21.0. The topological polar surface area (TPSA) is 78.9 Å². The van der Waals surface area contributed by atoms with Crippen molar-refractivity contribution in [3.63, 3.8) is 0 Å². The van der Waals surface area contributed by atoms with Crippen LogP contribution in [0.3, 0.4) is 0 Å². The first-order valence-corrected chi connectivity index (χ1v) is 11.6. The summed E-state index contributed by atoms with van der Waals surface area (Å²) in [6.07, 6.45) is 1.43. The lowest BCUT2D eigenvalue weighted by molar-refractivity contribution is -0.118. The third-order valence-corrected chi connectivity index (χ3v) is 6.66. The van der Waals surface area contributed by atoms with Crippen LogP contribution in [0.15, 0.2) is 84.4 Å². The smallest absolute Gasteiger partial charge is 0.203 e. The predicted molar refractivity (Wildman–Crippen MR) is 136 cm³/mol. The van der Waals surface area contributed by atoms with Crippen molar-refractivity contribution in [2.24, 2.45) is 11.8 Å². The highest BCUT2D eigenvalue weighted by molar-refractivity contribution is 6.17. The molecule has 184 valence electrons. The van der Waals surface area contributed by atoms with Gasteiger partial charge in [-0.15, -0.1) is 0 Å². The molecule has 0 heterocycles. The van der Waals surface area contributed by atoms with Crippen molar-refractivity contribution in [3.8, 4) is 17.2 Å². The van der Waals surface area contributed by atoms with Crippen LogP contribution in [0.4, 0.5) is 0 Å². The van der Waals surface area contributed by atoms with Crippen LogP contribution >= 0.6 is 0 Å². The molecular weight excluding hydrogens is 456 g/mol. The van der Waals surface area contributed by atoms with Gasteiger partial charge < -0.3 is 14.2 Å². The van der Waals surface area contributed by atoms with Crippen molar-refractivity contribution >= 4 is 17.3 Å². The van der Waals surface area contributed by atoms with E-state index in [1.165, 1.54) is 27.4 Å². The number of rotatable bonds is 8. The van der Waals surface area contributed by atoms with Gasteiger partial charge >= 0.3 is 0 Å². The van der Waals surface area contributed by atoms with Crippen LogP contribution in [-0.4, -0.2) is 38.7 Å². The van der Waals surface area contributed by atoms with Gasteiger partial charge in [0.25, 0.3) is 0 Å². The Balaban J connectivity index is 1.98. The second kappa shape index (κ2) is 10.6. The van der Waals surface area contributed by atoms with Crippen molar-refractivity contribution in [2.75, 3.05) is 21.3 Å². The molecule has 0 saturated heterocycles. The number of ketones is 3. The highest BCUT2D eigenvalue weighted by Crippen LogP contribution is 2.50. The first-order chi connectivity index (χ1) is 17.4. The largest absolute Gasteiger partial charge is 0.493 e. The lowest BCUT2D eigenvalue weighted by atomic mass is 9.64. The average molecular weight is 485 g/mol. The highest BCUT2D eigenvalue weighted by atomic mass is 16.5. The third-order valence-electron chi connectivity index (χ3n) is 6.66. The minimum atomic E-state index is -1.12. The van der Waals surface area contributed by atoms with Crippen LogP contribution in [0, 0.1) is 11.8 Å². The van der Waals surface area contributed by atoms with Gasteiger partial charge in [0.1, 0.15) is 0 Å². The summed E-state index contributed by atoms with van der Waals surface area (Å²) in [7, 11) is 4.48. The molecule has 6 nitrogen and oxygen atoms in total. The van der Waals surface area contributed by atoms with Crippen molar-refractivity contribution in [2.45, 2.75) is 12.8 Å². The zero-order chi connectivity index (χ0) is 25.8. The van der Waals surface area contributed by atoms with Gasteiger partial charge in [0.05, 0.1) is 33.2 Å². The first-order valence-electron chi connectivity index (χ1n) is 11.6. The molecule has 0 bridgehead atoms. The molecule has 0 aromatic heterocycles. The SMILES string of the molecule is COc1ccc(C2C(C(=O)c3ccccc3)C(=O)C=C(C)C2C(=O)c2ccccc2)c(OC)c1OC. The maximum absolute atomic E-state index is 13.9. The van der Waals surface area contributed by atoms with Crippen LogP contribution in [0.2, 0.25) is 0 Å². The summed E-state index contributed by atoms with van der Waals surface area (Å²) in [5.41, 5.74) is 2.02. The minimum absolute atomic E-state index is 0.176. The Morgan fingerprint density at radius 1 is 0.667 bits per heavy atom. The molecule has 4 rings (SSSR count). The fraction of sp³-hybridized carbons (Fsp3) is 0.233. The van der Waals surface area contributed by atoms with E-state index in [2.05, 4.69) is 0 Å². The van der Waals surface area contributed by atoms with Gasteiger partial charge in [-0.1, -0.05) is 72.3 Å². The van der Waals surface area contributed by atoms with E-state index in [4.69, 9.17) is 14.2 Å². The number of carbonyl (C=O) groups is 3. The molecule has 6 heteroatoms. The number of methoxy groups -OCH3 is 3. The summed E-state index contributed by atoms with van der Waals surface area (Å²) < 4.78 is 16.8. The predicted octanol–water partition coefficient (Wildman–Crippen LogP) is 5.32. The molecule has 3 unspecified atom stereocenters. The van der Waals surface area contributed by atoms with Gasteiger partial charge in [0, 0.05) is 22.6 Å². The first kappa shape index (κ1) is 24.9. The second-order valence-corrected chi connectivity index (χ2v) is 8.66. The molecule has 0 aliphatic heterocycles. The zero-order valence-electron chi connectivity index (χ0n) is 20.7. The Bertz CT molecular complexity index is 1310. The molecular formula is C30H28O6. The molecule has 3 aromatic carbocycles. The van der Waals surface area contributed by atoms with Crippen LogP contribution in [-0.2, 0) is 4.79 Å². The number of benzene rings is 3. The summed E-state index contributed by atoms with van der Waals surface area (Å²) >= 11 is 0. The fourth-order valence-electron chi connectivity index (χ4n) is 5.03. The Morgan fingerprint density at radius 2 is 1.19 bits per heavy atom. The molecule has 0 fully saturated rings. The molecule has 3 atom stereocenters. The van der Waals surface area contributed by atoms with E-state index in [1.807, 2.05) is 6.07 Å². The van der Waals surface area contributed by atoms with E-state index in [0.29, 0.717) is 39.5 Å². The van der Waals surface area contributed by atoms with Crippen LogP contribution in [0.1, 0.15) is 39.1 Å². The van der Waals surface area contributed by atoms with Gasteiger partial charge in [0.15, 0.2) is 28.8 Å². The van der Waals surface area contributed by atoms with Gasteiger partial charge in [-0.05, 0) is 19.1 Å². The molecule has 0 amide bonds. The summed E-state index contributed by atoms with van der Waals surface area (Å²) in [5, 5.41) is 0. The Labute approximate surface area is 210 Å². The van der Waals surface area contributed by atoms with Gasteiger partial charge in [0.2, 0.25) is 5.75 Å². The van der Waals surface area contributed by atoms with Crippen molar-refractivity contribution in [1.29, 1.82) is 0 Å². The normalized spacial score (nSPS) is 19.3. The molecule has 0 saturated carbocycles. The summed E-state index contributed by atoms with van der Waals surface area (Å²) in [4.78, 5) is 41.2. The molecule has 36 heavy (non-hydrogen) atoms. The number of hydrogen-bond acceptors (Lipinski definition) is 6. The average Bonchev–Trinajstić information content (AvgIpc) is 2.92. The van der Waals surface area contributed by atoms with Crippen molar-refractivity contribution in [1.82, 2.24) is 0 Å². The minimum Gasteiger partial charge on any atom is -0.493 e. The standard InChI is InChI=1S/C30H28O6/c1-18-17-22(31)26(28(33)20-13-9-6-10-14-20)25(24(18)27(32)19-11-7-5-8-12-19)21-15-16-23(34-2)30(36-4)29(21)35-3/h5-17,24-26H,1-4H3. The van der Waals surface area contributed by atoms with E-state index in [-0.39, 0.29) is 17.3 Å². The highest BCUT2D eigenvalue weighted by Gasteiger charge is 2.48. The zero-order valence-corrected chi connectivity index (χ0v) is 20.7. The van der Waals surface area contributed by atoms with Gasteiger partial charge in [-0.3, -0.25) is 14.4 Å². The number of allylic oxidation sites excluding steroid dienone is 2. The summed E-state index contributed by atoms with van der Waals surface area (Å²) in [6.45, 7) is 1.76. The summed E-state index contributed by atoms with van der Waals surface area (Å²) in [5.74, 6) is -2.51. The molecule has 0 N–H and O–H groups in total. The number of ether oxygens (including phenoxy) is 3. The van der Waals surface area contributed by atoms with Crippen molar-refractivity contribution in [3.05, 3.63) is 101 Å². The number of carbonyl (C=O) groups excluding carboxylic acids is 3. The van der Waals surface area contributed by atoms with Crippen LogP contribution in [0.25, 0.3) is 0 Å². The monoisotopic (exact) mass is 484 g/mol. The maximum Gasteiger partial charge on any atom is 0.203 e. The Morgan fingerprint density at radius 3 is 1.69 bits per heavy atom. The van der Waals surface area contributed by atoms with Crippen molar-refractivity contribution < 1.29 is 28.6 Å². The lowest BCUT2D eigenvalue weighted by Gasteiger charge is -2.36. The molecule has 0 radical (unpaired) electrons. The number of Topliss-reactive ketones (excluding diaryl/α,β-unsaturated/α-hetero) is 2. The molecule has 1 aliphatic carbocycles. The quantitative estimate of drug-likeness (QED) is 0.318. The van der Waals surface area contributed by atoms with E-state index < -0.39 is 17.8 Å². The van der Waals surface area contributed by atoms with E-state index >= 15 is 0 Å². The molecule has 0 spiro atoms. The fourth-order valence-corrected chi connectivity index (χ4v) is 5.03. The second-order valence-electron chi connectivity index (χ2n) is 8.66. The van der Waals surface area contributed by atoms with Crippen LogP contribution in [0.5, 0.6) is 17.2 Å². The van der Waals surface area contributed by atoms with Gasteiger partial charge in [-0.2, -0.15) is 0 Å². The van der Waals surface area contributed by atoms with E-state index in [0.717, 1.165) is 0 Å². The third kappa shape index (κ3) is 4.42. The van der Waals surface area contributed by atoms with E-state index in [1.54, 1.807) is 73.7 Å². The lowest BCUT2D eigenvalue weighted by Crippen LogP contribution is -2.40. The Kier molecular flexibility index (Phi) is 7.34.